The highest BCUT2D eigenvalue weighted by atomic mass is 16.2. The number of carbonyl (C=O) groups is 1. The molecule has 1 saturated heterocycles. The normalized spacial score (nSPS) is 23.2. The largest absolute Gasteiger partial charge is 0.339 e. The van der Waals surface area contributed by atoms with Crippen LogP contribution in [-0.4, -0.2) is 37.0 Å². The fraction of sp³-hybridized carbons (Fsp3) is 0.900. The van der Waals surface area contributed by atoms with E-state index in [2.05, 4.69) is 12.2 Å². The van der Waals surface area contributed by atoms with Gasteiger partial charge in [-0.05, 0) is 32.7 Å². The molecule has 1 aliphatic heterocycles. The third-order valence-corrected chi connectivity index (χ3v) is 2.75. The molecule has 1 rings (SSSR count). The van der Waals surface area contributed by atoms with Crippen molar-refractivity contribution < 1.29 is 4.79 Å². The minimum absolute atomic E-state index is 0.258. The predicted octanol–water partition coefficient (Wildman–Crippen LogP) is 0.997. The number of rotatable bonds is 3. The van der Waals surface area contributed by atoms with Gasteiger partial charge in [-0.25, -0.2) is 0 Å². The zero-order valence-corrected chi connectivity index (χ0v) is 8.68. The van der Waals surface area contributed by atoms with Crippen molar-refractivity contribution in [1.82, 2.24) is 10.2 Å². The highest BCUT2D eigenvalue weighted by Crippen LogP contribution is 2.18. The first-order valence-corrected chi connectivity index (χ1v) is 5.23. The Morgan fingerprint density at radius 3 is 2.92 bits per heavy atom. The van der Waals surface area contributed by atoms with Gasteiger partial charge >= 0.3 is 0 Å². The van der Waals surface area contributed by atoms with Crippen LogP contribution in [-0.2, 0) is 4.79 Å². The van der Waals surface area contributed by atoms with E-state index in [9.17, 15) is 4.79 Å². The Morgan fingerprint density at radius 2 is 2.31 bits per heavy atom. The van der Waals surface area contributed by atoms with Crippen molar-refractivity contribution >= 4 is 5.91 Å². The molecule has 13 heavy (non-hydrogen) atoms. The fourth-order valence-corrected chi connectivity index (χ4v) is 2.01. The molecule has 1 aliphatic rings. The summed E-state index contributed by atoms with van der Waals surface area (Å²) in [6.45, 7) is 3.60. The predicted molar refractivity (Wildman–Crippen MR) is 53.6 cm³/mol. The zero-order valence-electron chi connectivity index (χ0n) is 8.68. The van der Waals surface area contributed by atoms with Gasteiger partial charge in [-0.2, -0.15) is 0 Å². The lowest BCUT2D eigenvalue weighted by Gasteiger charge is -2.35. The standard InChI is InChI=1S/C10H20N2O/c1-3-9-6-4-5-7-12(9)10(13)8-11-2/h9,11H,3-8H2,1-2H3. The Hall–Kier alpha value is -0.570. The monoisotopic (exact) mass is 184 g/mol. The molecule has 1 amide bonds. The van der Waals surface area contributed by atoms with Gasteiger partial charge in [0.2, 0.25) is 5.91 Å². The van der Waals surface area contributed by atoms with Gasteiger partial charge < -0.3 is 10.2 Å². The molecular formula is C10H20N2O. The van der Waals surface area contributed by atoms with Gasteiger partial charge in [-0.1, -0.05) is 6.92 Å². The molecule has 1 fully saturated rings. The number of nitrogens with zero attached hydrogens (tertiary/aromatic N) is 1. The topological polar surface area (TPSA) is 32.3 Å². The van der Waals surface area contributed by atoms with E-state index in [0.717, 1.165) is 13.0 Å². The lowest BCUT2D eigenvalue weighted by Crippen LogP contribution is -2.46. The summed E-state index contributed by atoms with van der Waals surface area (Å²) >= 11 is 0. The molecule has 0 bridgehead atoms. The summed E-state index contributed by atoms with van der Waals surface area (Å²) < 4.78 is 0. The third kappa shape index (κ3) is 2.69. The molecule has 1 N–H and O–H groups in total. The van der Waals surface area contributed by atoms with Crippen molar-refractivity contribution in [3.63, 3.8) is 0 Å². The van der Waals surface area contributed by atoms with Crippen LogP contribution in [0.2, 0.25) is 0 Å². The number of likely N-dealkylation sites (tertiary alicyclic amines) is 1. The highest BCUT2D eigenvalue weighted by molar-refractivity contribution is 5.78. The van der Waals surface area contributed by atoms with Crippen molar-refractivity contribution in [2.24, 2.45) is 0 Å². The summed E-state index contributed by atoms with van der Waals surface area (Å²) in [6.07, 6.45) is 4.73. The van der Waals surface area contributed by atoms with Gasteiger partial charge in [0.1, 0.15) is 0 Å². The molecule has 1 heterocycles. The summed E-state index contributed by atoms with van der Waals surface area (Å²) in [7, 11) is 1.82. The van der Waals surface area contributed by atoms with Crippen LogP contribution in [0, 0.1) is 0 Å². The van der Waals surface area contributed by atoms with E-state index < -0.39 is 0 Å². The van der Waals surface area contributed by atoms with Crippen LogP contribution >= 0.6 is 0 Å². The first-order valence-electron chi connectivity index (χ1n) is 5.23. The van der Waals surface area contributed by atoms with Gasteiger partial charge in [0.25, 0.3) is 0 Å². The van der Waals surface area contributed by atoms with Gasteiger partial charge in [0.15, 0.2) is 0 Å². The molecule has 3 heteroatoms. The quantitative estimate of drug-likeness (QED) is 0.709. The van der Waals surface area contributed by atoms with Crippen LogP contribution in [0.15, 0.2) is 0 Å². The van der Waals surface area contributed by atoms with Crippen LogP contribution in [0.25, 0.3) is 0 Å². The molecule has 0 aromatic rings. The molecule has 0 aliphatic carbocycles. The van der Waals surface area contributed by atoms with E-state index in [1.54, 1.807) is 0 Å². The van der Waals surface area contributed by atoms with Crippen LogP contribution < -0.4 is 5.32 Å². The molecule has 0 saturated carbocycles. The Morgan fingerprint density at radius 1 is 1.54 bits per heavy atom. The number of hydrogen-bond acceptors (Lipinski definition) is 2. The molecule has 1 unspecified atom stereocenters. The SMILES string of the molecule is CCC1CCCCN1C(=O)CNC. The van der Waals surface area contributed by atoms with Crippen LogP contribution in [0.1, 0.15) is 32.6 Å². The van der Waals surface area contributed by atoms with Crippen molar-refractivity contribution in [1.29, 1.82) is 0 Å². The van der Waals surface area contributed by atoms with Gasteiger partial charge in [0, 0.05) is 12.6 Å². The molecule has 0 aromatic carbocycles. The van der Waals surface area contributed by atoms with E-state index >= 15 is 0 Å². The smallest absolute Gasteiger partial charge is 0.236 e. The summed E-state index contributed by atoms with van der Waals surface area (Å²) in [4.78, 5) is 13.7. The van der Waals surface area contributed by atoms with Crippen LogP contribution in [0.4, 0.5) is 0 Å². The Bertz CT molecular complexity index is 170. The molecular weight excluding hydrogens is 164 g/mol. The molecule has 0 spiro atoms. The summed E-state index contributed by atoms with van der Waals surface area (Å²) in [6, 6.07) is 0.495. The number of hydrogen-bond donors (Lipinski definition) is 1. The highest BCUT2D eigenvalue weighted by Gasteiger charge is 2.24. The van der Waals surface area contributed by atoms with E-state index in [4.69, 9.17) is 0 Å². The van der Waals surface area contributed by atoms with Gasteiger partial charge in [-0.3, -0.25) is 4.79 Å². The average Bonchev–Trinajstić information content (AvgIpc) is 2.18. The van der Waals surface area contributed by atoms with Crippen molar-refractivity contribution in [3.8, 4) is 0 Å². The first kappa shape index (κ1) is 10.5. The average molecular weight is 184 g/mol. The molecule has 3 nitrogen and oxygen atoms in total. The molecule has 0 radical (unpaired) electrons. The number of likely N-dealkylation sites (N-methyl/N-ethyl adjacent to an activating group) is 1. The minimum atomic E-state index is 0.258. The molecule has 76 valence electrons. The summed E-state index contributed by atoms with van der Waals surface area (Å²) in [5, 5.41) is 2.92. The second kappa shape index (κ2) is 5.22. The summed E-state index contributed by atoms with van der Waals surface area (Å²) in [5.74, 6) is 0.258. The molecule has 0 aromatic heterocycles. The lowest BCUT2D eigenvalue weighted by atomic mass is 10.00. The maximum absolute atomic E-state index is 11.6. The van der Waals surface area contributed by atoms with Crippen molar-refractivity contribution in [3.05, 3.63) is 0 Å². The zero-order chi connectivity index (χ0) is 9.68. The van der Waals surface area contributed by atoms with Gasteiger partial charge in [0.05, 0.1) is 6.54 Å². The number of piperidine rings is 1. The van der Waals surface area contributed by atoms with Gasteiger partial charge in [-0.15, -0.1) is 0 Å². The first-order chi connectivity index (χ1) is 6.29. The number of amides is 1. The lowest BCUT2D eigenvalue weighted by molar-refractivity contribution is -0.133. The van der Waals surface area contributed by atoms with Crippen molar-refractivity contribution in [2.75, 3.05) is 20.1 Å². The second-order valence-corrected chi connectivity index (χ2v) is 3.68. The van der Waals surface area contributed by atoms with E-state index in [-0.39, 0.29) is 5.91 Å². The van der Waals surface area contributed by atoms with E-state index in [1.807, 2.05) is 11.9 Å². The maximum atomic E-state index is 11.6. The van der Waals surface area contributed by atoms with Crippen molar-refractivity contribution in [2.45, 2.75) is 38.6 Å². The summed E-state index contributed by atoms with van der Waals surface area (Å²) in [5.41, 5.74) is 0. The second-order valence-electron chi connectivity index (χ2n) is 3.68. The minimum Gasteiger partial charge on any atom is -0.339 e. The van der Waals surface area contributed by atoms with Crippen LogP contribution in [0.3, 0.4) is 0 Å². The Kier molecular flexibility index (Phi) is 4.22. The molecule has 1 atom stereocenters. The van der Waals surface area contributed by atoms with Crippen LogP contribution in [0.5, 0.6) is 0 Å². The van der Waals surface area contributed by atoms with E-state index in [1.165, 1.54) is 19.3 Å². The number of nitrogens with one attached hydrogen (secondary N) is 1. The number of carbonyl (C=O) groups excluding carboxylic acids is 1. The Labute approximate surface area is 80.5 Å². The third-order valence-electron chi connectivity index (χ3n) is 2.75. The van der Waals surface area contributed by atoms with E-state index in [0.29, 0.717) is 12.6 Å². The Balaban J connectivity index is 2.48. The fourth-order valence-electron chi connectivity index (χ4n) is 2.01. The maximum Gasteiger partial charge on any atom is 0.236 e.